The SMILES string of the molecule is C=CC(=O)Nc1cc(COc2cc(-c3cn(C)c4cccnc34)ccn2)ccc1N(C)CCN(C)C. The Balaban J connectivity index is 1.54. The van der Waals surface area contributed by atoms with E-state index in [4.69, 9.17) is 4.74 Å². The number of ether oxygens (including phenoxy) is 1. The summed E-state index contributed by atoms with van der Waals surface area (Å²) in [5, 5.41) is 2.92. The van der Waals surface area contributed by atoms with E-state index in [2.05, 4.69) is 48.5 Å². The molecule has 0 spiro atoms. The van der Waals surface area contributed by atoms with Crippen molar-refractivity contribution < 1.29 is 9.53 Å². The molecule has 0 aliphatic heterocycles. The van der Waals surface area contributed by atoms with Gasteiger partial charge in [-0.1, -0.05) is 12.6 Å². The molecule has 1 aromatic carbocycles. The smallest absolute Gasteiger partial charge is 0.247 e. The van der Waals surface area contributed by atoms with Crippen molar-refractivity contribution in [2.24, 2.45) is 7.05 Å². The summed E-state index contributed by atoms with van der Waals surface area (Å²) in [6, 6.07) is 13.8. The van der Waals surface area contributed by atoms with E-state index in [1.165, 1.54) is 6.08 Å². The maximum atomic E-state index is 12.1. The Morgan fingerprint density at radius 3 is 2.72 bits per heavy atom. The topological polar surface area (TPSA) is 75.5 Å². The summed E-state index contributed by atoms with van der Waals surface area (Å²) in [6.45, 7) is 5.59. The van der Waals surface area contributed by atoms with Crippen LogP contribution in [0.25, 0.3) is 22.2 Å². The molecule has 0 atom stereocenters. The Hall–Kier alpha value is -4.17. The monoisotopic (exact) mass is 484 g/mol. The molecule has 4 rings (SSSR count). The van der Waals surface area contributed by atoms with Crippen LogP contribution in [0.2, 0.25) is 0 Å². The lowest BCUT2D eigenvalue weighted by atomic mass is 10.1. The molecule has 8 nitrogen and oxygen atoms in total. The Morgan fingerprint density at radius 2 is 1.94 bits per heavy atom. The zero-order chi connectivity index (χ0) is 25.7. The molecule has 1 amide bonds. The van der Waals surface area contributed by atoms with E-state index in [0.29, 0.717) is 18.2 Å². The molecular weight excluding hydrogens is 452 g/mol. The van der Waals surface area contributed by atoms with Crippen LogP contribution in [0.5, 0.6) is 5.88 Å². The van der Waals surface area contributed by atoms with Crippen LogP contribution in [0, 0.1) is 0 Å². The second kappa shape index (κ2) is 11.0. The van der Waals surface area contributed by atoms with E-state index in [1.54, 1.807) is 12.4 Å². The van der Waals surface area contributed by atoms with Crippen molar-refractivity contribution in [3.05, 3.63) is 79.3 Å². The molecule has 8 heteroatoms. The van der Waals surface area contributed by atoms with Crippen molar-refractivity contribution in [3.8, 4) is 17.0 Å². The second-order valence-corrected chi connectivity index (χ2v) is 8.97. The van der Waals surface area contributed by atoms with Crippen molar-refractivity contribution in [3.63, 3.8) is 0 Å². The number of nitrogens with one attached hydrogen (secondary N) is 1. The first-order chi connectivity index (χ1) is 17.4. The van der Waals surface area contributed by atoms with Crippen molar-refractivity contribution in [1.29, 1.82) is 0 Å². The lowest BCUT2D eigenvalue weighted by Gasteiger charge is -2.24. The van der Waals surface area contributed by atoms with Gasteiger partial charge in [-0.15, -0.1) is 0 Å². The number of aromatic nitrogens is 3. The lowest BCUT2D eigenvalue weighted by Crippen LogP contribution is -2.29. The molecule has 36 heavy (non-hydrogen) atoms. The fraction of sp³-hybridized carbons (Fsp3) is 0.250. The highest BCUT2D eigenvalue weighted by Gasteiger charge is 2.13. The molecule has 4 aromatic rings. The molecule has 186 valence electrons. The second-order valence-electron chi connectivity index (χ2n) is 8.97. The molecular formula is C28H32N6O2. The van der Waals surface area contributed by atoms with E-state index in [0.717, 1.165) is 46.5 Å². The first-order valence-corrected chi connectivity index (χ1v) is 11.8. The molecule has 3 aromatic heterocycles. The van der Waals surface area contributed by atoms with Gasteiger partial charge in [0.25, 0.3) is 0 Å². The zero-order valence-electron chi connectivity index (χ0n) is 21.2. The number of amides is 1. The Morgan fingerprint density at radius 1 is 1.11 bits per heavy atom. The number of hydrogen-bond acceptors (Lipinski definition) is 6. The summed E-state index contributed by atoms with van der Waals surface area (Å²) >= 11 is 0. The van der Waals surface area contributed by atoms with Crippen LogP contribution in [0.4, 0.5) is 11.4 Å². The molecule has 0 aliphatic carbocycles. The molecule has 3 heterocycles. The highest BCUT2D eigenvalue weighted by Crippen LogP contribution is 2.31. The number of rotatable bonds is 10. The Kier molecular flexibility index (Phi) is 7.65. The minimum atomic E-state index is -0.256. The van der Waals surface area contributed by atoms with Crippen molar-refractivity contribution in [2.45, 2.75) is 6.61 Å². The first kappa shape index (κ1) is 24.9. The summed E-state index contributed by atoms with van der Waals surface area (Å²) in [7, 11) is 8.09. The van der Waals surface area contributed by atoms with Crippen LogP contribution in [0.1, 0.15) is 5.56 Å². The number of hydrogen-bond donors (Lipinski definition) is 1. The summed E-state index contributed by atoms with van der Waals surface area (Å²) < 4.78 is 8.11. The Labute approximate surface area is 211 Å². The average molecular weight is 485 g/mol. The summed E-state index contributed by atoms with van der Waals surface area (Å²) in [4.78, 5) is 25.3. The molecule has 1 N–H and O–H groups in total. The first-order valence-electron chi connectivity index (χ1n) is 11.8. The maximum absolute atomic E-state index is 12.1. The van der Waals surface area contributed by atoms with E-state index in [1.807, 2.05) is 64.6 Å². The van der Waals surface area contributed by atoms with Crippen molar-refractivity contribution in [2.75, 3.05) is 44.4 Å². The molecule has 0 fully saturated rings. The fourth-order valence-electron chi connectivity index (χ4n) is 4.00. The Bertz CT molecular complexity index is 1380. The normalized spacial score (nSPS) is 11.0. The average Bonchev–Trinajstić information content (AvgIpc) is 3.23. The standard InChI is InChI=1S/C28H32N6O2/c1-6-26(35)31-23-16-20(9-10-24(23)33(4)15-14-32(2)3)19-36-27-17-21(11-13-29-27)22-18-34(5)25-8-7-12-30-28(22)25/h6-13,16-18H,1,14-15,19H2,2-5H3,(H,31,35). The van der Waals surface area contributed by atoms with Crippen molar-refractivity contribution in [1.82, 2.24) is 19.4 Å². The zero-order valence-corrected chi connectivity index (χ0v) is 21.2. The van der Waals surface area contributed by atoms with Gasteiger partial charge in [-0.25, -0.2) is 4.98 Å². The number of carbonyl (C=O) groups is 1. The van der Waals surface area contributed by atoms with Gasteiger partial charge in [-0.2, -0.15) is 0 Å². The van der Waals surface area contributed by atoms with Crippen LogP contribution in [-0.4, -0.2) is 59.6 Å². The predicted molar refractivity (Wildman–Crippen MR) is 145 cm³/mol. The molecule has 0 saturated carbocycles. The number of pyridine rings is 2. The van der Waals surface area contributed by atoms with Crippen LogP contribution in [0.3, 0.4) is 0 Å². The van der Waals surface area contributed by atoms with Crippen LogP contribution < -0.4 is 15.0 Å². The van der Waals surface area contributed by atoms with Crippen molar-refractivity contribution >= 4 is 28.3 Å². The van der Waals surface area contributed by atoms with Gasteiger partial charge >= 0.3 is 0 Å². The number of likely N-dealkylation sites (N-methyl/N-ethyl adjacent to an activating group) is 2. The quantitative estimate of drug-likeness (QED) is 0.338. The fourth-order valence-corrected chi connectivity index (χ4v) is 4.00. The number of fused-ring (bicyclic) bond motifs is 1. The maximum Gasteiger partial charge on any atom is 0.247 e. The van der Waals surface area contributed by atoms with Gasteiger partial charge in [0.05, 0.1) is 22.4 Å². The highest BCUT2D eigenvalue weighted by atomic mass is 16.5. The van der Waals surface area contributed by atoms with Gasteiger partial charge in [0.15, 0.2) is 0 Å². The number of carbonyl (C=O) groups excluding carboxylic acids is 1. The summed E-state index contributed by atoms with van der Waals surface area (Å²) in [5.74, 6) is 0.262. The summed E-state index contributed by atoms with van der Waals surface area (Å²) in [6.07, 6.45) is 6.88. The third kappa shape index (κ3) is 5.72. The number of anilines is 2. The summed E-state index contributed by atoms with van der Waals surface area (Å²) in [5.41, 5.74) is 6.58. The molecule has 0 radical (unpaired) electrons. The van der Waals surface area contributed by atoms with Crippen LogP contribution in [-0.2, 0) is 18.4 Å². The van der Waals surface area contributed by atoms with Gasteiger partial charge in [-0.3, -0.25) is 9.78 Å². The minimum absolute atomic E-state index is 0.256. The molecule has 0 aliphatic rings. The van der Waals surface area contributed by atoms with Gasteiger partial charge < -0.3 is 24.4 Å². The molecule has 0 saturated heterocycles. The van der Waals surface area contributed by atoms with Gasteiger partial charge in [0.2, 0.25) is 11.8 Å². The van der Waals surface area contributed by atoms with E-state index < -0.39 is 0 Å². The van der Waals surface area contributed by atoms with Gasteiger partial charge in [0, 0.05) is 57.4 Å². The van der Waals surface area contributed by atoms with E-state index in [-0.39, 0.29) is 5.91 Å². The largest absolute Gasteiger partial charge is 0.473 e. The molecule has 0 bridgehead atoms. The lowest BCUT2D eigenvalue weighted by molar-refractivity contribution is -0.111. The third-order valence-electron chi connectivity index (χ3n) is 5.97. The third-order valence-corrected chi connectivity index (χ3v) is 5.97. The minimum Gasteiger partial charge on any atom is -0.473 e. The van der Waals surface area contributed by atoms with E-state index in [9.17, 15) is 4.79 Å². The number of benzene rings is 1. The highest BCUT2D eigenvalue weighted by molar-refractivity contribution is 6.01. The number of nitrogens with zero attached hydrogens (tertiary/aromatic N) is 5. The van der Waals surface area contributed by atoms with Gasteiger partial charge in [0.1, 0.15) is 6.61 Å². The van der Waals surface area contributed by atoms with Crippen LogP contribution >= 0.6 is 0 Å². The predicted octanol–water partition coefficient (Wildman–Crippen LogP) is 4.34. The van der Waals surface area contributed by atoms with E-state index >= 15 is 0 Å². The number of aryl methyl sites for hydroxylation is 1. The van der Waals surface area contributed by atoms with Gasteiger partial charge in [-0.05, 0) is 61.6 Å². The molecule has 0 unspecified atom stereocenters. The van der Waals surface area contributed by atoms with Crippen LogP contribution in [0.15, 0.2) is 73.7 Å².